The van der Waals surface area contributed by atoms with Gasteiger partial charge in [-0.2, -0.15) is 5.10 Å². The number of carbonyl (C=O) groups is 2. The highest BCUT2D eigenvalue weighted by Gasteiger charge is 2.21. The molecule has 2 amide bonds. The number of nitrogens with one attached hydrogen (secondary N) is 2. The van der Waals surface area contributed by atoms with E-state index in [1.807, 2.05) is 31.2 Å². The molecule has 1 aliphatic carbocycles. The average Bonchev–Trinajstić information content (AvgIpc) is 2.83. The predicted molar refractivity (Wildman–Crippen MR) is 125 cm³/mol. The van der Waals surface area contributed by atoms with Crippen molar-refractivity contribution in [2.75, 3.05) is 5.32 Å². The lowest BCUT2D eigenvalue weighted by molar-refractivity contribution is -0.120. The molecule has 1 aliphatic rings. The molecule has 1 saturated carbocycles. The summed E-state index contributed by atoms with van der Waals surface area (Å²) in [6.45, 7) is 1.87. The first-order chi connectivity index (χ1) is 15.1. The first-order valence-corrected chi connectivity index (χ1v) is 10.8. The quantitative estimate of drug-likeness (QED) is 0.427. The van der Waals surface area contributed by atoms with Crippen molar-refractivity contribution in [2.45, 2.75) is 39.0 Å². The molecule has 158 valence electrons. The van der Waals surface area contributed by atoms with Crippen molar-refractivity contribution >= 4 is 34.0 Å². The third kappa shape index (κ3) is 5.18. The first-order valence-electron chi connectivity index (χ1n) is 10.8. The van der Waals surface area contributed by atoms with Gasteiger partial charge in [0.15, 0.2) is 0 Å². The number of anilines is 1. The van der Waals surface area contributed by atoms with E-state index in [1.54, 1.807) is 24.3 Å². The maximum Gasteiger partial charge on any atom is 0.271 e. The summed E-state index contributed by atoms with van der Waals surface area (Å²) in [7, 11) is 0. The molecule has 0 bridgehead atoms. The predicted octanol–water partition coefficient (Wildman–Crippen LogP) is 5.51. The zero-order chi connectivity index (χ0) is 21.6. The normalized spacial score (nSPS) is 14.9. The van der Waals surface area contributed by atoms with Crippen LogP contribution in [0.5, 0.6) is 0 Å². The SMILES string of the molecule is C/C(=N\NC(=O)c1ccc(NC(=O)C2CCCCC2)cc1)c1ccc2ccccc2c1. The second-order valence-electron chi connectivity index (χ2n) is 8.10. The number of hydrogen-bond donors (Lipinski definition) is 2. The lowest BCUT2D eigenvalue weighted by Gasteiger charge is -2.20. The van der Waals surface area contributed by atoms with Crippen molar-refractivity contribution in [1.29, 1.82) is 0 Å². The summed E-state index contributed by atoms with van der Waals surface area (Å²) in [5.41, 5.74) is 5.51. The van der Waals surface area contributed by atoms with E-state index >= 15 is 0 Å². The van der Waals surface area contributed by atoms with Crippen LogP contribution in [0.1, 0.15) is 54.9 Å². The third-order valence-corrected chi connectivity index (χ3v) is 5.88. The number of rotatable bonds is 5. The highest BCUT2D eigenvalue weighted by molar-refractivity contribution is 6.03. The smallest absolute Gasteiger partial charge is 0.271 e. The van der Waals surface area contributed by atoms with E-state index in [2.05, 4.69) is 34.0 Å². The van der Waals surface area contributed by atoms with Crippen LogP contribution in [0.3, 0.4) is 0 Å². The zero-order valence-corrected chi connectivity index (χ0v) is 17.7. The monoisotopic (exact) mass is 413 g/mol. The number of fused-ring (bicyclic) bond motifs is 1. The fraction of sp³-hybridized carbons (Fsp3) is 0.269. The highest BCUT2D eigenvalue weighted by Crippen LogP contribution is 2.25. The summed E-state index contributed by atoms with van der Waals surface area (Å²) < 4.78 is 0. The van der Waals surface area contributed by atoms with Gasteiger partial charge in [-0.25, -0.2) is 5.43 Å². The number of hydrazone groups is 1. The molecule has 31 heavy (non-hydrogen) atoms. The Labute approximate surface area is 182 Å². The molecule has 5 nitrogen and oxygen atoms in total. The molecular formula is C26H27N3O2. The lowest BCUT2D eigenvalue weighted by Crippen LogP contribution is -2.24. The number of carbonyl (C=O) groups excluding carboxylic acids is 2. The molecule has 3 aromatic rings. The molecule has 5 heteroatoms. The molecule has 0 unspecified atom stereocenters. The van der Waals surface area contributed by atoms with Crippen LogP contribution in [-0.4, -0.2) is 17.5 Å². The van der Waals surface area contributed by atoms with Gasteiger partial charge in [0.25, 0.3) is 5.91 Å². The van der Waals surface area contributed by atoms with Crippen molar-refractivity contribution in [3.63, 3.8) is 0 Å². The van der Waals surface area contributed by atoms with Crippen LogP contribution in [0.2, 0.25) is 0 Å². The Kier molecular flexibility index (Phi) is 6.41. The van der Waals surface area contributed by atoms with Gasteiger partial charge in [0, 0.05) is 17.2 Å². The standard InChI is InChI=1S/C26H27N3O2/c1-18(22-12-11-19-7-5-6-10-23(19)17-22)28-29-26(31)21-13-15-24(16-14-21)27-25(30)20-8-3-2-4-9-20/h5-7,10-17,20H,2-4,8-9H2,1H3,(H,27,30)(H,29,31)/b28-18+. The Hall–Kier alpha value is -3.47. The summed E-state index contributed by atoms with van der Waals surface area (Å²) in [6, 6.07) is 21.2. The van der Waals surface area contributed by atoms with Gasteiger partial charge in [-0.3, -0.25) is 9.59 Å². The van der Waals surface area contributed by atoms with Crippen LogP contribution >= 0.6 is 0 Å². The van der Waals surface area contributed by atoms with Crippen molar-refractivity contribution < 1.29 is 9.59 Å². The molecule has 0 spiro atoms. The minimum absolute atomic E-state index is 0.0764. The molecular weight excluding hydrogens is 386 g/mol. The largest absolute Gasteiger partial charge is 0.326 e. The van der Waals surface area contributed by atoms with Gasteiger partial charge in [0.2, 0.25) is 5.91 Å². The molecule has 3 aromatic carbocycles. The van der Waals surface area contributed by atoms with Crippen molar-refractivity contribution in [3.05, 3.63) is 77.9 Å². The van der Waals surface area contributed by atoms with Crippen LogP contribution in [0, 0.1) is 5.92 Å². The van der Waals surface area contributed by atoms with Crippen molar-refractivity contribution in [3.8, 4) is 0 Å². The molecule has 0 saturated heterocycles. The van der Waals surface area contributed by atoms with E-state index in [4.69, 9.17) is 0 Å². The molecule has 0 aromatic heterocycles. The van der Waals surface area contributed by atoms with E-state index < -0.39 is 0 Å². The molecule has 0 aliphatic heterocycles. The topological polar surface area (TPSA) is 70.6 Å². The minimum Gasteiger partial charge on any atom is -0.326 e. The minimum atomic E-state index is -0.287. The number of amides is 2. The van der Waals surface area contributed by atoms with E-state index in [0.29, 0.717) is 11.3 Å². The fourth-order valence-corrected chi connectivity index (χ4v) is 3.99. The van der Waals surface area contributed by atoms with E-state index in [0.717, 1.165) is 42.3 Å². The molecule has 0 atom stereocenters. The second-order valence-corrected chi connectivity index (χ2v) is 8.10. The van der Waals surface area contributed by atoms with Gasteiger partial charge in [-0.15, -0.1) is 0 Å². The second kappa shape index (κ2) is 9.56. The summed E-state index contributed by atoms with van der Waals surface area (Å²) in [5, 5.41) is 9.52. The first kappa shape index (κ1) is 20.8. The van der Waals surface area contributed by atoms with Crippen LogP contribution in [0.4, 0.5) is 5.69 Å². The van der Waals surface area contributed by atoms with Crippen LogP contribution in [0.15, 0.2) is 71.8 Å². The van der Waals surface area contributed by atoms with Gasteiger partial charge in [0.05, 0.1) is 5.71 Å². The van der Waals surface area contributed by atoms with Crippen LogP contribution in [-0.2, 0) is 4.79 Å². The van der Waals surface area contributed by atoms with Gasteiger partial charge >= 0.3 is 0 Å². The molecule has 4 rings (SSSR count). The van der Waals surface area contributed by atoms with E-state index in [9.17, 15) is 9.59 Å². The number of nitrogens with zero attached hydrogens (tertiary/aromatic N) is 1. The van der Waals surface area contributed by atoms with Crippen molar-refractivity contribution in [1.82, 2.24) is 5.43 Å². The summed E-state index contributed by atoms with van der Waals surface area (Å²) >= 11 is 0. The molecule has 2 N–H and O–H groups in total. The zero-order valence-electron chi connectivity index (χ0n) is 17.7. The highest BCUT2D eigenvalue weighted by atomic mass is 16.2. The Morgan fingerprint density at radius 3 is 2.26 bits per heavy atom. The molecule has 0 radical (unpaired) electrons. The maximum absolute atomic E-state index is 12.5. The molecule has 0 heterocycles. The van der Waals surface area contributed by atoms with Crippen molar-refractivity contribution in [2.24, 2.45) is 11.0 Å². The van der Waals surface area contributed by atoms with Crippen LogP contribution in [0.25, 0.3) is 10.8 Å². The fourth-order valence-electron chi connectivity index (χ4n) is 3.99. The number of benzene rings is 3. The van der Waals surface area contributed by atoms with Crippen LogP contribution < -0.4 is 10.7 Å². The Balaban J connectivity index is 1.36. The van der Waals surface area contributed by atoms with E-state index in [-0.39, 0.29) is 17.7 Å². The van der Waals surface area contributed by atoms with Gasteiger partial charge in [-0.05, 0) is 66.4 Å². The lowest BCUT2D eigenvalue weighted by atomic mass is 9.88. The van der Waals surface area contributed by atoms with Gasteiger partial charge in [-0.1, -0.05) is 55.7 Å². The third-order valence-electron chi connectivity index (χ3n) is 5.88. The van der Waals surface area contributed by atoms with Gasteiger partial charge in [0.1, 0.15) is 0 Å². The van der Waals surface area contributed by atoms with E-state index in [1.165, 1.54) is 11.8 Å². The summed E-state index contributed by atoms with van der Waals surface area (Å²) in [6.07, 6.45) is 5.38. The summed E-state index contributed by atoms with van der Waals surface area (Å²) in [5.74, 6) is -0.109. The Morgan fingerprint density at radius 1 is 0.839 bits per heavy atom. The maximum atomic E-state index is 12.5. The summed E-state index contributed by atoms with van der Waals surface area (Å²) in [4.78, 5) is 24.8. The Morgan fingerprint density at radius 2 is 1.52 bits per heavy atom. The Bertz CT molecular complexity index is 1110. The number of hydrogen-bond acceptors (Lipinski definition) is 3. The van der Waals surface area contributed by atoms with Gasteiger partial charge < -0.3 is 5.32 Å². The molecule has 1 fully saturated rings. The average molecular weight is 414 g/mol.